The van der Waals surface area contributed by atoms with Crippen LogP contribution in [-0.4, -0.2) is 9.78 Å². The van der Waals surface area contributed by atoms with Crippen molar-refractivity contribution in [2.45, 2.75) is 0 Å². The van der Waals surface area contributed by atoms with Gasteiger partial charge in [-0.05, 0) is 12.1 Å². The van der Waals surface area contributed by atoms with E-state index < -0.39 is 11.6 Å². The highest BCUT2D eigenvalue weighted by atomic mass is 19.1. The van der Waals surface area contributed by atoms with Crippen LogP contribution in [0.3, 0.4) is 0 Å². The molecule has 74 valence electrons. The maximum Gasteiger partial charge on any atom is 0.151 e. The lowest BCUT2D eigenvalue weighted by molar-refractivity contribution is 0.573. The number of benzene rings is 1. The van der Waals surface area contributed by atoms with E-state index in [1.54, 1.807) is 0 Å². The molecule has 0 bridgehead atoms. The SMILES string of the molecule is N#Cc1cnn(-c2ccc(F)cc2F)c1. The molecule has 0 saturated heterocycles. The number of hydrogen-bond acceptors (Lipinski definition) is 2. The van der Waals surface area contributed by atoms with E-state index in [1.807, 2.05) is 6.07 Å². The Hall–Kier alpha value is -2.22. The topological polar surface area (TPSA) is 41.6 Å². The average Bonchev–Trinajstić information content (AvgIpc) is 2.66. The first-order valence-corrected chi connectivity index (χ1v) is 4.11. The molecule has 0 atom stereocenters. The van der Waals surface area contributed by atoms with Crippen molar-refractivity contribution in [3.63, 3.8) is 0 Å². The van der Waals surface area contributed by atoms with Crippen molar-refractivity contribution in [1.82, 2.24) is 9.78 Å². The van der Waals surface area contributed by atoms with E-state index in [4.69, 9.17) is 5.26 Å². The van der Waals surface area contributed by atoms with Gasteiger partial charge in [-0.25, -0.2) is 13.5 Å². The van der Waals surface area contributed by atoms with Crippen molar-refractivity contribution in [3.8, 4) is 11.8 Å². The van der Waals surface area contributed by atoms with Gasteiger partial charge in [0.1, 0.15) is 17.6 Å². The summed E-state index contributed by atoms with van der Waals surface area (Å²) in [5.41, 5.74) is 0.427. The molecule has 1 aromatic carbocycles. The van der Waals surface area contributed by atoms with E-state index in [1.165, 1.54) is 23.1 Å². The number of nitriles is 1. The van der Waals surface area contributed by atoms with E-state index >= 15 is 0 Å². The summed E-state index contributed by atoms with van der Waals surface area (Å²) in [5.74, 6) is -1.37. The summed E-state index contributed by atoms with van der Waals surface area (Å²) in [6.07, 6.45) is 2.68. The van der Waals surface area contributed by atoms with Crippen molar-refractivity contribution in [2.75, 3.05) is 0 Å². The van der Waals surface area contributed by atoms with Crippen LogP contribution in [-0.2, 0) is 0 Å². The van der Waals surface area contributed by atoms with Crippen LogP contribution in [0.5, 0.6) is 0 Å². The molecule has 0 saturated carbocycles. The Morgan fingerprint density at radius 3 is 2.73 bits per heavy atom. The van der Waals surface area contributed by atoms with Gasteiger partial charge in [0.25, 0.3) is 0 Å². The van der Waals surface area contributed by atoms with Crippen LogP contribution in [0.15, 0.2) is 30.6 Å². The van der Waals surface area contributed by atoms with E-state index in [0.717, 1.165) is 12.1 Å². The normalized spacial score (nSPS) is 9.93. The minimum absolute atomic E-state index is 0.109. The highest BCUT2D eigenvalue weighted by molar-refractivity contribution is 5.35. The molecule has 15 heavy (non-hydrogen) atoms. The molecule has 5 heteroatoms. The molecule has 2 rings (SSSR count). The van der Waals surface area contributed by atoms with Crippen molar-refractivity contribution < 1.29 is 8.78 Å². The van der Waals surface area contributed by atoms with Gasteiger partial charge in [-0.1, -0.05) is 0 Å². The molecule has 1 heterocycles. The molecule has 0 unspecified atom stereocenters. The van der Waals surface area contributed by atoms with Gasteiger partial charge in [0.15, 0.2) is 5.82 Å². The van der Waals surface area contributed by atoms with Crippen molar-refractivity contribution in [1.29, 1.82) is 5.26 Å². The number of aromatic nitrogens is 2. The first-order chi connectivity index (χ1) is 7.20. The molecule has 3 nitrogen and oxygen atoms in total. The second-order valence-electron chi connectivity index (χ2n) is 2.88. The maximum absolute atomic E-state index is 13.3. The Labute approximate surface area is 84.2 Å². The Morgan fingerprint density at radius 2 is 2.13 bits per heavy atom. The van der Waals surface area contributed by atoms with Gasteiger partial charge in [-0.15, -0.1) is 0 Å². The molecule has 0 aliphatic rings. The van der Waals surface area contributed by atoms with Crippen molar-refractivity contribution in [3.05, 3.63) is 47.8 Å². The van der Waals surface area contributed by atoms with E-state index in [9.17, 15) is 8.78 Å². The predicted molar refractivity (Wildman–Crippen MR) is 48.2 cm³/mol. The quantitative estimate of drug-likeness (QED) is 0.714. The summed E-state index contributed by atoms with van der Waals surface area (Å²) in [6.45, 7) is 0. The summed E-state index contributed by atoms with van der Waals surface area (Å²) in [6, 6.07) is 5.03. The van der Waals surface area contributed by atoms with Gasteiger partial charge in [0, 0.05) is 12.3 Å². The van der Waals surface area contributed by atoms with Gasteiger partial charge < -0.3 is 0 Å². The first-order valence-electron chi connectivity index (χ1n) is 4.11. The van der Waals surface area contributed by atoms with Crippen LogP contribution in [0.2, 0.25) is 0 Å². The summed E-state index contributed by atoms with van der Waals surface area (Å²) in [5, 5.41) is 12.3. The third-order valence-electron chi connectivity index (χ3n) is 1.87. The molecule has 0 aliphatic heterocycles. The van der Waals surface area contributed by atoms with E-state index in [-0.39, 0.29) is 5.69 Å². The van der Waals surface area contributed by atoms with Crippen LogP contribution < -0.4 is 0 Å². The highest BCUT2D eigenvalue weighted by Gasteiger charge is 2.07. The monoisotopic (exact) mass is 205 g/mol. The minimum Gasteiger partial charge on any atom is -0.237 e. The van der Waals surface area contributed by atoms with Crippen LogP contribution >= 0.6 is 0 Å². The van der Waals surface area contributed by atoms with Crippen LogP contribution in [0.4, 0.5) is 8.78 Å². The summed E-state index contributed by atoms with van der Waals surface area (Å²) in [4.78, 5) is 0. The molecule has 0 aliphatic carbocycles. The van der Waals surface area contributed by atoms with Crippen LogP contribution in [0, 0.1) is 23.0 Å². The minimum atomic E-state index is -0.720. The summed E-state index contributed by atoms with van der Waals surface area (Å²) < 4.78 is 27.1. The number of nitrogens with zero attached hydrogens (tertiary/aromatic N) is 3. The lowest BCUT2D eigenvalue weighted by atomic mass is 10.3. The Bertz CT molecular complexity index is 540. The predicted octanol–water partition coefficient (Wildman–Crippen LogP) is 2.02. The van der Waals surface area contributed by atoms with E-state index in [2.05, 4.69) is 5.10 Å². The summed E-state index contributed by atoms with van der Waals surface area (Å²) >= 11 is 0. The fourth-order valence-electron chi connectivity index (χ4n) is 1.18. The second kappa shape index (κ2) is 3.50. The van der Waals surface area contributed by atoms with E-state index in [0.29, 0.717) is 5.56 Å². The van der Waals surface area contributed by atoms with Crippen molar-refractivity contribution in [2.24, 2.45) is 0 Å². The fourth-order valence-corrected chi connectivity index (χ4v) is 1.18. The number of rotatable bonds is 1. The smallest absolute Gasteiger partial charge is 0.151 e. The molecule has 0 amide bonds. The standard InChI is InChI=1S/C10H5F2N3/c11-8-1-2-10(9(12)3-8)15-6-7(4-13)5-14-15/h1-3,5-6H. The second-order valence-corrected chi connectivity index (χ2v) is 2.88. The average molecular weight is 205 g/mol. The van der Waals surface area contributed by atoms with Gasteiger partial charge in [-0.2, -0.15) is 10.4 Å². The third kappa shape index (κ3) is 1.70. The zero-order valence-corrected chi connectivity index (χ0v) is 7.48. The Morgan fingerprint density at radius 1 is 1.33 bits per heavy atom. The zero-order chi connectivity index (χ0) is 10.8. The Kier molecular flexibility index (Phi) is 2.18. The summed E-state index contributed by atoms with van der Waals surface area (Å²) in [7, 11) is 0. The molecule has 0 N–H and O–H groups in total. The van der Waals surface area contributed by atoms with Crippen molar-refractivity contribution >= 4 is 0 Å². The fraction of sp³-hybridized carbons (Fsp3) is 0. The molecule has 0 radical (unpaired) electrons. The largest absolute Gasteiger partial charge is 0.237 e. The van der Waals surface area contributed by atoms with Gasteiger partial charge in [0.05, 0.1) is 11.8 Å². The molecule has 0 fully saturated rings. The maximum atomic E-state index is 13.3. The van der Waals surface area contributed by atoms with Gasteiger partial charge in [0.2, 0.25) is 0 Å². The Balaban J connectivity index is 2.50. The van der Waals surface area contributed by atoms with Crippen LogP contribution in [0.25, 0.3) is 5.69 Å². The van der Waals surface area contributed by atoms with Gasteiger partial charge in [-0.3, -0.25) is 0 Å². The highest BCUT2D eigenvalue weighted by Crippen LogP contribution is 2.14. The molecule has 0 spiro atoms. The van der Waals surface area contributed by atoms with Gasteiger partial charge >= 0.3 is 0 Å². The lowest BCUT2D eigenvalue weighted by Gasteiger charge is -2.01. The first kappa shape index (κ1) is 9.34. The molecular formula is C10H5F2N3. The van der Waals surface area contributed by atoms with Crippen LogP contribution in [0.1, 0.15) is 5.56 Å². The lowest BCUT2D eigenvalue weighted by Crippen LogP contribution is -1.98. The molecule has 2 aromatic rings. The molecular weight excluding hydrogens is 200 g/mol. The number of halogens is 2. The molecule has 1 aromatic heterocycles. The number of hydrogen-bond donors (Lipinski definition) is 0. The third-order valence-corrected chi connectivity index (χ3v) is 1.87. The zero-order valence-electron chi connectivity index (χ0n) is 7.48.